The molecule has 4 aliphatic carbocycles. The van der Waals surface area contributed by atoms with Crippen LogP contribution in [0.5, 0.6) is 0 Å². The van der Waals surface area contributed by atoms with Crippen molar-refractivity contribution in [3.8, 4) is 0 Å². The summed E-state index contributed by atoms with van der Waals surface area (Å²) < 4.78 is 6.24. The van der Waals surface area contributed by atoms with Gasteiger partial charge < -0.3 is 9.84 Å². The minimum absolute atomic E-state index is 0.0568. The van der Waals surface area contributed by atoms with Gasteiger partial charge in [0.05, 0.1) is 6.10 Å². The highest BCUT2D eigenvalue weighted by Gasteiger charge is 2.61. The summed E-state index contributed by atoms with van der Waals surface area (Å²) in [6.07, 6.45) is 12.5. The summed E-state index contributed by atoms with van der Waals surface area (Å²) in [6.45, 7) is 8.16. The lowest BCUT2D eigenvalue weighted by Gasteiger charge is -2.61. The molecule has 0 aliphatic heterocycles. The molecule has 3 heteroatoms. The van der Waals surface area contributed by atoms with E-state index in [4.69, 9.17) is 4.74 Å². The lowest BCUT2D eigenvalue weighted by molar-refractivity contribution is -0.259. The summed E-state index contributed by atoms with van der Waals surface area (Å²) in [5.41, 5.74) is 0.128. The topological polar surface area (TPSA) is 46.5 Å². The second kappa shape index (κ2) is 5.66. The fraction of sp³-hybridized carbons (Fsp3) is 0.864. The number of carbonyl (C=O) groups is 1. The first-order valence-corrected chi connectivity index (χ1v) is 10.3. The zero-order valence-corrected chi connectivity index (χ0v) is 16.3. The van der Waals surface area contributed by atoms with Crippen LogP contribution in [0.15, 0.2) is 12.2 Å². The molecule has 0 bridgehead atoms. The highest BCUT2D eigenvalue weighted by Crippen LogP contribution is 2.65. The van der Waals surface area contributed by atoms with Crippen LogP contribution in [-0.2, 0) is 9.53 Å². The van der Waals surface area contributed by atoms with Crippen LogP contribution in [0.4, 0.5) is 0 Å². The predicted octanol–water partition coefficient (Wildman–Crippen LogP) is 4.49. The Morgan fingerprint density at radius 3 is 2.68 bits per heavy atom. The molecule has 0 amide bonds. The van der Waals surface area contributed by atoms with Crippen molar-refractivity contribution in [2.75, 3.05) is 0 Å². The van der Waals surface area contributed by atoms with Gasteiger partial charge in [-0.2, -0.15) is 0 Å². The van der Waals surface area contributed by atoms with Gasteiger partial charge in [-0.15, -0.1) is 0 Å². The van der Waals surface area contributed by atoms with E-state index >= 15 is 0 Å². The molecule has 4 aliphatic rings. The summed E-state index contributed by atoms with van der Waals surface area (Å²) >= 11 is 0. The summed E-state index contributed by atoms with van der Waals surface area (Å²) in [4.78, 5) is 12.6. The molecule has 1 N–H and O–H groups in total. The molecular weight excluding hydrogens is 312 g/mol. The Morgan fingerprint density at radius 2 is 1.96 bits per heavy atom. The molecule has 3 fully saturated rings. The molecule has 25 heavy (non-hydrogen) atoms. The van der Waals surface area contributed by atoms with Gasteiger partial charge >= 0.3 is 0 Å². The van der Waals surface area contributed by atoms with Crippen molar-refractivity contribution in [3.63, 3.8) is 0 Å². The number of hydrogen-bond acceptors (Lipinski definition) is 3. The quantitative estimate of drug-likeness (QED) is 0.750. The Labute approximate surface area is 152 Å². The monoisotopic (exact) mass is 346 g/mol. The third-order valence-electron chi connectivity index (χ3n) is 8.29. The second-order valence-electron chi connectivity index (χ2n) is 10.2. The van der Waals surface area contributed by atoms with Crippen molar-refractivity contribution in [1.29, 1.82) is 0 Å². The van der Waals surface area contributed by atoms with Crippen molar-refractivity contribution in [2.24, 2.45) is 34.5 Å². The van der Waals surface area contributed by atoms with Crippen LogP contribution in [0, 0.1) is 34.5 Å². The van der Waals surface area contributed by atoms with E-state index in [1.54, 1.807) is 13.8 Å². The van der Waals surface area contributed by atoms with Crippen LogP contribution in [0.2, 0.25) is 0 Å². The van der Waals surface area contributed by atoms with Crippen molar-refractivity contribution < 1.29 is 14.6 Å². The zero-order chi connectivity index (χ0) is 18.0. The Kier molecular flexibility index (Phi) is 4.01. The Bertz CT molecular complexity index is 589. The maximum Gasteiger partial charge on any atom is 0.161 e. The van der Waals surface area contributed by atoms with E-state index in [0.717, 1.165) is 19.3 Å². The molecule has 4 unspecified atom stereocenters. The van der Waals surface area contributed by atoms with E-state index in [1.807, 2.05) is 6.08 Å². The summed E-state index contributed by atoms with van der Waals surface area (Å²) in [5, 5.41) is 10.4. The molecule has 0 aromatic rings. The molecule has 0 saturated heterocycles. The molecule has 3 nitrogen and oxygen atoms in total. The van der Waals surface area contributed by atoms with E-state index < -0.39 is 5.79 Å². The average Bonchev–Trinajstić information content (AvgIpc) is 2.82. The maximum atomic E-state index is 12.6. The Hall–Kier alpha value is -0.670. The molecule has 3 saturated carbocycles. The van der Waals surface area contributed by atoms with Crippen molar-refractivity contribution in [1.82, 2.24) is 0 Å². The standard InChI is InChI=1S/C22H34O3/c1-20(2,24)25-17-13-14-7-5-6-11-21(14,3)16-10-12-22(4)15(19(16)17)8-9-18(22)23/h8-9,14-17,19,24H,5-7,10-13H2,1-4H3/t14?,15?,16?,17-,19?,21-,22-/m0/s1. The minimum Gasteiger partial charge on any atom is -0.366 e. The minimum atomic E-state index is -1.11. The highest BCUT2D eigenvalue weighted by molar-refractivity contribution is 5.97. The molecule has 4 rings (SSSR count). The van der Waals surface area contributed by atoms with E-state index in [-0.39, 0.29) is 17.4 Å². The average molecular weight is 347 g/mol. The summed E-state index contributed by atoms with van der Waals surface area (Å²) in [5.74, 6) is 1.11. The molecule has 0 aromatic heterocycles. The maximum absolute atomic E-state index is 12.6. The number of ether oxygens (including phenoxy) is 1. The number of carbonyl (C=O) groups excluding carboxylic acids is 1. The SMILES string of the molecule is CC(C)(O)O[C@H]1CC2CCCC[C@]2(C)C2CC[C@]3(C)C(=O)C=CC3C21. The van der Waals surface area contributed by atoms with Gasteiger partial charge in [0, 0.05) is 5.41 Å². The van der Waals surface area contributed by atoms with Gasteiger partial charge in [-0.25, -0.2) is 0 Å². The van der Waals surface area contributed by atoms with Crippen LogP contribution in [-0.4, -0.2) is 22.8 Å². The molecule has 0 aromatic carbocycles. The van der Waals surface area contributed by atoms with Gasteiger partial charge in [-0.1, -0.05) is 32.8 Å². The molecule has 140 valence electrons. The molecule has 7 atom stereocenters. The van der Waals surface area contributed by atoms with E-state index in [0.29, 0.717) is 29.0 Å². The van der Waals surface area contributed by atoms with Crippen LogP contribution in [0.25, 0.3) is 0 Å². The second-order valence-corrected chi connectivity index (χ2v) is 10.2. The Balaban J connectivity index is 1.73. The van der Waals surface area contributed by atoms with Crippen LogP contribution in [0.3, 0.4) is 0 Å². The molecular formula is C22H34O3. The van der Waals surface area contributed by atoms with Crippen LogP contribution < -0.4 is 0 Å². The highest BCUT2D eigenvalue weighted by atomic mass is 16.6. The smallest absolute Gasteiger partial charge is 0.161 e. The third kappa shape index (κ3) is 2.65. The fourth-order valence-corrected chi connectivity index (χ4v) is 7.00. The number of rotatable bonds is 2. The van der Waals surface area contributed by atoms with Crippen molar-refractivity contribution in [2.45, 2.75) is 84.5 Å². The van der Waals surface area contributed by atoms with Gasteiger partial charge in [0.15, 0.2) is 11.6 Å². The van der Waals surface area contributed by atoms with Gasteiger partial charge in [-0.05, 0) is 81.1 Å². The largest absolute Gasteiger partial charge is 0.366 e. The van der Waals surface area contributed by atoms with Gasteiger partial charge in [0.1, 0.15) is 0 Å². The van der Waals surface area contributed by atoms with Crippen LogP contribution in [0.1, 0.15) is 72.6 Å². The fourth-order valence-electron chi connectivity index (χ4n) is 7.00. The van der Waals surface area contributed by atoms with Crippen LogP contribution >= 0.6 is 0 Å². The zero-order valence-electron chi connectivity index (χ0n) is 16.3. The third-order valence-corrected chi connectivity index (χ3v) is 8.29. The number of aliphatic hydroxyl groups is 1. The Morgan fingerprint density at radius 1 is 1.20 bits per heavy atom. The summed E-state index contributed by atoms with van der Waals surface area (Å²) in [6, 6.07) is 0. The van der Waals surface area contributed by atoms with E-state index in [9.17, 15) is 9.90 Å². The molecule has 0 heterocycles. The number of ketones is 1. The van der Waals surface area contributed by atoms with Gasteiger partial charge in [0.2, 0.25) is 0 Å². The molecule has 0 spiro atoms. The first-order chi connectivity index (χ1) is 11.7. The normalized spacial score (nSPS) is 49.5. The van der Waals surface area contributed by atoms with Gasteiger partial charge in [-0.3, -0.25) is 4.79 Å². The lowest BCUT2D eigenvalue weighted by Crippen LogP contribution is -2.59. The summed E-state index contributed by atoms with van der Waals surface area (Å²) in [7, 11) is 0. The predicted molar refractivity (Wildman–Crippen MR) is 97.8 cm³/mol. The lowest BCUT2D eigenvalue weighted by atomic mass is 9.44. The number of fused-ring (bicyclic) bond motifs is 5. The first-order valence-electron chi connectivity index (χ1n) is 10.3. The number of allylic oxidation sites excluding steroid dienone is 2. The number of hydrogen-bond donors (Lipinski definition) is 1. The van der Waals surface area contributed by atoms with E-state index in [2.05, 4.69) is 19.9 Å². The first kappa shape index (κ1) is 17.7. The van der Waals surface area contributed by atoms with E-state index in [1.165, 1.54) is 25.7 Å². The van der Waals surface area contributed by atoms with Gasteiger partial charge in [0.25, 0.3) is 0 Å². The molecule has 0 radical (unpaired) electrons. The van der Waals surface area contributed by atoms with Crippen molar-refractivity contribution >= 4 is 5.78 Å². The van der Waals surface area contributed by atoms with Crippen molar-refractivity contribution in [3.05, 3.63) is 12.2 Å².